The number of aryl methyl sites for hydroxylation is 2. The molecule has 0 amide bonds. The Kier molecular flexibility index (Phi) is 3.18. The Labute approximate surface area is 93.8 Å². The molecular weight excluding hydrogens is 210 g/mol. The van der Waals surface area contributed by atoms with Gasteiger partial charge in [0.1, 0.15) is 5.69 Å². The average Bonchev–Trinajstić information content (AvgIpc) is 2.41. The largest absolute Gasteiger partial charge is 0.358 e. The second-order valence-electron chi connectivity index (χ2n) is 4.38. The molecular formula is C9H17N5O2. The number of anilines is 1. The first-order valence-corrected chi connectivity index (χ1v) is 4.94. The van der Waals surface area contributed by atoms with E-state index in [1.165, 1.54) is 4.68 Å². The van der Waals surface area contributed by atoms with Crippen molar-refractivity contribution in [3.05, 3.63) is 15.8 Å². The third-order valence-corrected chi connectivity index (χ3v) is 2.34. The predicted octanol–water partition coefficient (Wildman–Crippen LogP) is 0.786. The van der Waals surface area contributed by atoms with E-state index < -0.39 is 10.5 Å². The molecule has 7 heteroatoms. The lowest BCUT2D eigenvalue weighted by Gasteiger charge is -2.24. The monoisotopic (exact) mass is 227 g/mol. The van der Waals surface area contributed by atoms with Crippen molar-refractivity contribution in [2.45, 2.75) is 26.3 Å². The second-order valence-corrected chi connectivity index (χ2v) is 4.38. The number of aromatic nitrogens is 2. The highest BCUT2D eigenvalue weighted by Gasteiger charge is 2.28. The number of nitrogens with two attached hydrogens (primary N) is 1. The minimum absolute atomic E-state index is 0.00373. The van der Waals surface area contributed by atoms with Gasteiger partial charge in [-0.15, -0.1) is 0 Å². The van der Waals surface area contributed by atoms with Crippen LogP contribution in [0.4, 0.5) is 11.5 Å². The molecule has 3 N–H and O–H groups in total. The van der Waals surface area contributed by atoms with E-state index in [1.807, 2.05) is 13.8 Å². The summed E-state index contributed by atoms with van der Waals surface area (Å²) in [5.41, 5.74) is 5.56. The van der Waals surface area contributed by atoms with Gasteiger partial charge in [0.2, 0.25) is 5.82 Å². The molecule has 1 rings (SSSR count). The van der Waals surface area contributed by atoms with Crippen LogP contribution in [0.2, 0.25) is 0 Å². The van der Waals surface area contributed by atoms with Crippen LogP contribution < -0.4 is 11.1 Å². The molecule has 0 aliphatic rings. The van der Waals surface area contributed by atoms with Gasteiger partial charge in [-0.3, -0.25) is 10.1 Å². The summed E-state index contributed by atoms with van der Waals surface area (Å²) >= 11 is 0. The molecule has 16 heavy (non-hydrogen) atoms. The Morgan fingerprint density at radius 2 is 2.19 bits per heavy atom. The summed E-state index contributed by atoms with van der Waals surface area (Å²) < 4.78 is 1.46. The zero-order chi connectivity index (χ0) is 12.5. The molecule has 1 aromatic rings. The van der Waals surface area contributed by atoms with Crippen LogP contribution in [0.1, 0.15) is 19.5 Å². The molecule has 0 aromatic carbocycles. The molecule has 1 heterocycles. The van der Waals surface area contributed by atoms with Gasteiger partial charge >= 0.3 is 5.69 Å². The molecule has 0 fully saturated rings. The number of nitrogens with zero attached hydrogens (tertiary/aromatic N) is 3. The zero-order valence-corrected chi connectivity index (χ0v) is 9.94. The minimum Gasteiger partial charge on any atom is -0.358 e. The van der Waals surface area contributed by atoms with Crippen LogP contribution in [0.15, 0.2) is 0 Å². The van der Waals surface area contributed by atoms with E-state index >= 15 is 0 Å². The van der Waals surface area contributed by atoms with Crippen molar-refractivity contribution in [1.82, 2.24) is 9.78 Å². The van der Waals surface area contributed by atoms with Gasteiger partial charge in [0.25, 0.3) is 0 Å². The van der Waals surface area contributed by atoms with Crippen LogP contribution in [-0.2, 0) is 7.05 Å². The van der Waals surface area contributed by atoms with Gasteiger partial charge in [0.15, 0.2) is 0 Å². The van der Waals surface area contributed by atoms with E-state index in [9.17, 15) is 10.1 Å². The predicted molar refractivity (Wildman–Crippen MR) is 61.4 cm³/mol. The second kappa shape index (κ2) is 4.09. The molecule has 0 spiro atoms. The number of hydrogen-bond donors (Lipinski definition) is 2. The van der Waals surface area contributed by atoms with Crippen LogP contribution >= 0.6 is 0 Å². The highest BCUT2D eigenvalue weighted by Crippen LogP contribution is 2.29. The summed E-state index contributed by atoms with van der Waals surface area (Å²) in [5.74, 6) is 0.387. The van der Waals surface area contributed by atoms with Gasteiger partial charge in [-0.05, 0) is 20.8 Å². The summed E-state index contributed by atoms with van der Waals surface area (Å²) in [6, 6.07) is 0. The van der Waals surface area contributed by atoms with Crippen molar-refractivity contribution >= 4 is 11.5 Å². The molecule has 1 aromatic heterocycles. The van der Waals surface area contributed by atoms with Gasteiger partial charge in [-0.2, -0.15) is 5.10 Å². The van der Waals surface area contributed by atoms with E-state index in [2.05, 4.69) is 10.4 Å². The Bertz CT molecular complexity index is 410. The highest BCUT2D eigenvalue weighted by atomic mass is 16.6. The first-order valence-electron chi connectivity index (χ1n) is 4.94. The van der Waals surface area contributed by atoms with Crippen molar-refractivity contribution in [3.63, 3.8) is 0 Å². The summed E-state index contributed by atoms with van der Waals surface area (Å²) in [6.07, 6.45) is 0. The van der Waals surface area contributed by atoms with Gasteiger partial charge in [-0.1, -0.05) is 0 Å². The minimum atomic E-state index is -0.433. The molecule has 0 unspecified atom stereocenters. The quantitative estimate of drug-likeness (QED) is 0.585. The van der Waals surface area contributed by atoms with Crippen molar-refractivity contribution in [1.29, 1.82) is 0 Å². The fourth-order valence-corrected chi connectivity index (χ4v) is 1.38. The molecule has 0 aliphatic carbocycles. The van der Waals surface area contributed by atoms with E-state index in [1.54, 1.807) is 14.0 Å². The summed E-state index contributed by atoms with van der Waals surface area (Å²) in [7, 11) is 1.66. The third-order valence-electron chi connectivity index (χ3n) is 2.34. The first-order chi connectivity index (χ1) is 7.28. The Balaban J connectivity index is 3.18. The molecule has 7 nitrogen and oxygen atoms in total. The highest BCUT2D eigenvalue weighted by molar-refractivity contribution is 5.60. The summed E-state index contributed by atoms with van der Waals surface area (Å²) in [5, 5.41) is 18.0. The summed E-state index contributed by atoms with van der Waals surface area (Å²) in [4.78, 5) is 10.5. The fraction of sp³-hybridized carbons (Fsp3) is 0.667. The maximum absolute atomic E-state index is 10.9. The Morgan fingerprint density at radius 1 is 1.62 bits per heavy atom. The maximum Gasteiger partial charge on any atom is 0.333 e. The molecule has 0 bridgehead atoms. The number of rotatable bonds is 4. The lowest BCUT2D eigenvalue weighted by molar-refractivity contribution is -0.384. The Hall–Kier alpha value is -1.63. The lowest BCUT2D eigenvalue weighted by Crippen LogP contribution is -2.39. The van der Waals surface area contributed by atoms with Crippen molar-refractivity contribution < 1.29 is 4.92 Å². The zero-order valence-electron chi connectivity index (χ0n) is 9.94. The fourth-order valence-electron chi connectivity index (χ4n) is 1.38. The smallest absolute Gasteiger partial charge is 0.333 e. The third kappa shape index (κ3) is 2.30. The molecule has 0 atom stereocenters. The van der Waals surface area contributed by atoms with Crippen LogP contribution in [-0.4, -0.2) is 26.8 Å². The average molecular weight is 227 g/mol. The Morgan fingerprint density at radius 3 is 2.62 bits per heavy atom. The number of nitro groups is 1. The standard InChI is InChI=1S/C9H17N5O2/c1-6-7(14(15)16)8(13(4)12-6)11-9(2,3)5-10/h11H,5,10H2,1-4H3. The molecule has 0 aliphatic heterocycles. The molecule has 0 radical (unpaired) electrons. The topological polar surface area (TPSA) is 99.0 Å². The van der Waals surface area contributed by atoms with E-state index in [-0.39, 0.29) is 5.69 Å². The van der Waals surface area contributed by atoms with Crippen LogP contribution in [0, 0.1) is 17.0 Å². The van der Waals surface area contributed by atoms with Crippen molar-refractivity contribution in [3.8, 4) is 0 Å². The summed E-state index contributed by atoms with van der Waals surface area (Å²) in [6.45, 7) is 5.73. The maximum atomic E-state index is 10.9. The number of nitrogens with one attached hydrogen (secondary N) is 1. The van der Waals surface area contributed by atoms with Gasteiger partial charge in [0.05, 0.1) is 4.92 Å². The van der Waals surface area contributed by atoms with E-state index in [0.717, 1.165) is 0 Å². The van der Waals surface area contributed by atoms with Crippen molar-refractivity contribution in [2.75, 3.05) is 11.9 Å². The molecule has 0 saturated carbocycles. The molecule has 90 valence electrons. The van der Waals surface area contributed by atoms with Crippen molar-refractivity contribution in [2.24, 2.45) is 12.8 Å². The van der Waals surface area contributed by atoms with Gasteiger partial charge in [-0.25, -0.2) is 4.68 Å². The van der Waals surface area contributed by atoms with E-state index in [4.69, 9.17) is 5.73 Å². The van der Waals surface area contributed by atoms with Crippen LogP contribution in [0.5, 0.6) is 0 Å². The van der Waals surface area contributed by atoms with Gasteiger partial charge < -0.3 is 11.1 Å². The number of hydrogen-bond acceptors (Lipinski definition) is 5. The molecule has 0 saturated heterocycles. The normalized spacial score (nSPS) is 11.6. The van der Waals surface area contributed by atoms with Crippen LogP contribution in [0.25, 0.3) is 0 Å². The lowest BCUT2D eigenvalue weighted by atomic mass is 10.1. The van der Waals surface area contributed by atoms with Gasteiger partial charge in [0, 0.05) is 19.1 Å². The van der Waals surface area contributed by atoms with Crippen LogP contribution in [0.3, 0.4) is 0 Å². The SMILES string of the molecule is Cc1nn(C)c(NC(C)(C)CN)c1[N+](=O)[O-]. The first kappa shape index (κ1) is 12.4. The van der Waals surface area contributed by atoms with E-state index in [0.29, 0.717) is 18.1 Å².